The summed E-state index contributed by atoms with van der Waals surface area (Å²) in [6, 6.07) is 0.378. The van der Waals surface area contributed by atoms with Crippen molar-refractivity contribution >= 4 is 0 Å². The van der Waals surface area contributed by atoms with Crippen LogP contribution >= 0.6 is 0 Å². The van der Waals surface area contributed by atoms with E-state index in [1.165, 1.54) is 6.42 Å². The molecule has 0 spiro atoms. The van der Waals surface area contributed by atoms with E-state index in [2.05, 4.69) is 33.9 Å². The van der Waals surface area contributed by atoms with Crippen LogP contribution in [0.4, 0.5) is 0 Å². The van der Waals surface area contributed by atoms with Crippen LogP contribution in [-0.4, -0.2) is 35.0 Å². The number of nitrogens with zero attached hydrogens (tertiary/aromatic N) is 3. The molecular weight excluding hydrogens is 228 g/mol. The Morgan fingerprint density at radius 2 is 2.33 bits per heavy atom. The smallest absolute Gasteiger partial charge is 0.150 e. The Bertz CT molecular complexity index is 377. The third-order valence-electron chi connectivity index (χ3n) is 3.45. The lowest BCUT2D eigenvalue weighted by atomic mass is 10.1. The van der Waals surface area contributed by atoms with E-state index in [9.17, 15) is 0 Å². The maximum atomic E-state index is 5.19. The molecule has 1 aliphatic rings. The molecule has 1 N–H and O–H groups in total. The summed E-state index contributed by atoms with van der Waals surface area (Å²) >= 11 is 0. The predicted octanol–water partition coefficient (Wildman–Crippen LogP) is 1.55. The summed E-state index contributed by atoms with van der Waals surface area (Å²) in [5, 5.41) is 12.3. The summed E-state index contributed by atoms with van der Waals surface area (Å²) in [4.78, 5) is 0. The second-order valence-electron chi connectivity index (χ2n) is 5.19. The minimum Gasteiger partial charge on any atom is -0.384 e. The quantitative estimate of drug-likeness (QED) is 0.834. The number of nitrogens with one attached hydrogen (secondary N) is 1. The van der Waals surface area contributed by atoms with E-state index in [-0.39, 0.29) is 0 Å². The zero-order chi connectivity index (χ0) is 13.0. The van der Waals surface area contributed by atoms with Crippen molar-refractivity contribution in [2.24, 2.45) is 5.92 Å². The molecule has 0 aliphatic carbocycles. The van der Waals surface area contributed by atoms with E-state index < -0.39 is 0 Å². The Hall–Kier alpha value is -0.940. The molecule has 1 aromatic heterocycles. The Labute approximate surface area is 109 Å². The number of rotatable bonds is 6. The molecule has 5 heteroatoms. The van der Waals surface area contributed by atoms with E-state index in [0.717, 1.165) is 44.2 Å². The van der Waals surface area contributed by atoms with Crippen LogP contribution in [0, 0.1) is 5.92 Å². The molecule has 0 fully saturated rings. The summed E-state index contributed by atoms with van der Waals surface area (Å²) in [6.45, 7) is 7.17. The van der Waals surface area contributed by atoms with Gasteiger partial charge in [0.1, 0.15) is 11.6 Å². The molecule has 5 nitrogen and oxygen atoms in total. The first-order chi connectivity index (χ1) is 8.76. The highest BCUT2D eigenvalue weighted by molar-refractivity contribution is 5.05. The third kappa shape index (κ3) is 2.90. The number of fused-ring (bicyclic) bond motifs is 1. The average molecular weight is 252 g/mol. The van der Waals surface area contributed by atoms with Gasteiger partial charge in [-0.05, 0) is 12.3 Å². The maximum Gasteiger partial charge on any atom is 0.150 e. The highest BCUT2D eigenvalue weighted by atomic mass is 16.5. The van der Waals surface area contributed by atoms with Crippen molar-refractivity contribution < 1.29 is 4.74 Å². The molecule has 102 valence electrons. The van der Waals surface area contributed by atoms with Crippen LogP contribution < -0.4 is 5.32 Å². The van der Waals surface area contributed by atoms with Crippen LogP contribution in [0.2, 0.25) is 0 Å². The Morgan fingerprint density at radius 1 is 1.50 bits per heavy atom. The second-order valence-corrected chi connectivity index (χ2v) is 5.19. The van der Waals surface area contributed by atoms with E-state index in [4.69, 9.17) is 4.74 Å². The highest BCUT2D eigenvalue weighted by Crippen LogP contribution is 2.21. The SMILES string of the molecule is CCCC1NCCn2c(CC(C)COC)nnc21. The van der Waals surface area contributed by atoms with E-state index >= 15 is 0 Å². The van der Waals surface area contributed by atoms with Gasteiger partial charge in [-0.25, -0.2) is 0 Å². The third-order valence-corrected chi connectivity index (χ3v) is 3.45. The van der Waals surface area contributed by atoms with Crippen molar-refractivity contribution in [3.05, 3.63) is 11.6 Å². The van der Waals surface area contributed by atoms with E-state index in [1.807, 2.05) is 0 Å². The first-order valence-corrected chi connectivity index (χ1v) is 6.90. The molecule has 2 atom stereocenters. The summed E-state index contributed by atoms with van der Waals surface area (Å²) in [5.41, 5.74) is 0. The standard InChI is InChI=1S/C13H24N4O/c1-4-5-11-13-16-15-12(8-10(2)9-18-3)17(13)7-6-14-11/h10-11,14H,4-9H2,1-3H3. The fraction of sp³-hybridized carbons (Fsp3) is 0.846. The molecule has 0 bridgehead atoms. The van der Waals surface area contributed by atoms with Gasteiger partial charge in [-0.2, -0.15) is 0 Å². The highest BCUT2D eigenvalue weighted by Gasteiger charge is 2.24. The lowest BCUT2D eigenvalue weighted by Crippen LogP contribution is -2.34. The van der Waals surface area contributed by atoms with E-state index in [1.54, 1.807) is 7.11 Å². The Morgan fingerprint density at radius 3 is 3.06 bits per heavy atom. The predicted molar refractivity (Wildman–Crippen MR) is 70.4 cm³/mol. The molecule has 0 aromatic carbocycles. The van der Waals surface area contributed by atoms with Crippen molar-refractivity contribution in [3.63, 3.8) is 0 Å². The molecule has 2 unspecified atom stereocenters. The van der Waals surface area contributed by atoms with Crippen LogP contribution in [0.3, 0.4) is 0 Å². The van der Waals surface area contributed by atoms with Crippen molar-refractivity contribution in [1.82, 2.24) is 20.1 Å². The molecule has 2 heterocycles. The molecule has 2 rings (SSSR count). The summed E-state index contributed by atoms with van der Waals surface area (Å²) in [6.07, 6.45) is 3.24. The molecular formula is C13H24N4O. The normalized spacial score (nSPS) is 20.7. The fourth-order valence-electron chi connectivity index (χ4n) is 2.62. The lowest BCUT2D eigenvalue weighted by molar-refractivity contribution is 0.158. The topological polar surface area (TPSA) is 52.0 Å². The Kier molecular flexibility index (Phi) is 4.72. The minimum absolute atomic E-state index is 0.378. The van der Waals surface area contributed by atoms with Gasteiger partial charge in [0.15, 0.2) is 0 Å². The van der Waals surface area contributed by atoms with Gasteiger partial charge in [0.2, 0.25) is 0 Å². The number of aromatic nitrogens is 3. The summed E-state index contributed by atoms with van der Waals surface area (Å²) in [7, 11) is 1.75. The Balaban J connectivity index is 2.10. The largest absolute Gasteiger partial charge is 0.384 e. The molecule has 0 saturated heterocycles. The van der Waals surface area contributed by atoms with Gasteiger partial charge in [-0.15, -0.1) is 10.2 Å². The average Bonchev–Trinajstić information content (AvgIpc) is 2.74. The van der Waals surface area contributed by atoms with Crippen molar-refractivity contribution in [2.45, 2.75) is 45.7 Å². The van der Waals surface area contributed by atoms with Crippen LogP contribution in [0.15, 0.2) is 0 Å². The number of methoxy groups -OCH3 is 1. The van der Waals surface area contributed by atoms with Gasteiger partial charge in [-0.3, -0.25) is 0 Å². The summed E-state index contributed by atoms with van der Waals surface area (Å²) in [5.74, 6) is 2.71. The number of hydrogen-bond donors (Lipinski definition) is 1. The maximum absolute atomic E-state index is 5.19. The van der Waals surface area contributed by atoms with Gasteiger partial charge in [0.25, 0.3) is 0 Å². The fourth-order valence-corrected chi connectivity index (χ4v) is 2.62. The van der Waals surface area contributed by atoms with Crippen LogP contribution in [0.25, 0.3) is 0 Å². The zero-order valence-electron chi connectivity index (χ0n) is 11.6. The number of hydrogen-bond acceptors (Lipinski definition) is 4. The lowest BCUT2D eigenvalue weighted by Gasteiger charge is -2.25. The number of ether oxygens (including phenoxy) is 1. The molecule has 1 aliphatic heterocycles. The van der Waals surface area contributed by atoms with Crippen molar-refractivity contribution in [3.8, 4) is 0 Å². The van der Waals surface area contributed by atoms with Gasteiger partial charge in [-0.1, -0.05) is 20.3 Å². The molecule has 0 amide bonds. The van der Waals surface area contributed by atoms with Crippen molar-refractivity contribution in [2.75, 3.05) is 20.3 Å². The van der Waals surface area contributed by atoms with E-state index in [0.29, 0.717) is 12.0 Å². The zero-order valence-corrected chi connectivity index (χ0v) is 11.6. The first-order valence-electron chi connectivity index (χ1n) is 6.90. The molecule has 18 heavy (non-hydrogen) atoms. The van der Waals surface area contributed by atoms with Gasteiger partial charge < -0.3 is 14.6 Å². The molecule has 0 radical (unpaired) electrons. The van der Waals surface area contributed by atoms with Gasteiger partial charge in [0.05, 0.1) is 6.04 Å². The molecule has 0 saturated carbocycles. The van der Waals surface area contributed by atoms with Crippen LogP contribution in [0.5, 0.6) is 0 Å². The minimum atomic E-state index is 0.378. The van der Waals surface area contributed by atoms with Crippen LogP contribution in [-0.2, 0) is 17.7 Å². The monoisotopic (exact) mass is 252 g/mol. The van der Waals surface area contributed by atoms with Gasteiger partial charge in [0, 0.05) is 33.2 Å². The first kappa shape index (κ1) is 13.5. The second kappa shape index (κ2) is 6.29. The summed E-state index contributed by atoms with van der Waals surface area (Å²) < 4.78 is 7.48. The molecule has 1 aromatic rings. The van der Waals surface area contributed by atoms with Crippen LogP contribution in [0.1, 0.15) is 44.4 Å². The van der Waals surface area contributed by atoms with Gasteiger partial charge >= 0.3 is 0 Å². The van der Waals surface area contributed by atoms with Crippen molar-refractivity contribution in [1.29, 1.82) is 0 Å².